The molecule has 0 radical (unpaired) electrons. The summed E-state index contributed by atoms with van der Waals surface area (Å²) in [7, 11) is 1.55. The molecule has 1 rings (SSSR count). The fourth-order valence-corrected chi connectivity index (χ4v) is 1.51. The number of rotatable bonds is 3. The highest BCUT2D eigenvalue weighted by Crippen LogP contribution is 2.27. The average Bonchev–Trinajstić information content (AvgIpc) is 2.18. The van der Waals surface area contributed by atoms with E-state index in [0.717, 1.165) is 10.7 Å². The Kier molecular flexibility index (Phi) is 4.11. The van der Waals surface area contributed by atoms with Crippen LogP contribution in [-0.4, -0.2) is 24.4 Å². The predicted octanol–water partition coefficient (Wildman–Crippen LogP) is 1.86. The summed E-state index contributed by atoms with van der Waals surface area (Å²) in [5.41, 5.74) is 0.576. The third-order valence-corrected chi connectivity index (χ3v) is 2.21. The SMILES string of the molecule is COc1ccc(NC(=O)/C=N\O)cc1Br. The largest absolute Gasteiger partial charge is 0.496 e. The van der Waals surface area contributed by atoms with Gasteiger partial charge in [-0.15, -0.1) is 0 Å². The topological polar surface area (TPSA) is 70.9 Å². The summed E-state index contributed by atoms with van der Waals surface area (Å²) in [6, 6.07) is 5.06. The summed E-state index contributed by atoms with van der Waals surface area (Å²) >= 11 is 3.28. The Bertz CT molecular complexity index is 393. The fraction of sp³-hybridized carbons (Fsp3) is 0.111. The van der Waals surface area contributed by atoms with Crippen LogP contribution in [0, 0.1) is 0 Å². The monoisotopic (exact) mass is 272 g/mol. The van der Waals surface area contributed by atoms with Gasteiger partial charge < -0.3 is 15.3 Å². The Morgan fingerprint density at radius 1 is 1.67 bits per heavy atom. The van der Waals surface area contributed by atoms with E-state index in [2.05, 4.69) is 26.4 Å². The minimum atomic E-state index is -0.505. The maximum Gasteiger partial charge on any atom is 0.270 e. The first kappa shape index (κ1) is 11.5. The first-order chi connectivity index (χ1) is 7.17. The molecule has 0 unspecified atom stereocenters. The van der Waals surface area contributed by atoms with Crippen molar-refractivity contribution in [2.75, 3.05) is 12.4 Å². The minimum absolute atomic E-state index is 0.505. The summed E-state index contributed by atoms with van der Waals surface area (Å²) in [6.07, 6.45) is 0.776. The number of benzene rings is 1. The number of carbonyl (C=O) groups is 1. The molecule has 6 heteroatoms. The lowest BCUT2D eigenvalue weighted by Gasteiger charge is -2.06. The van der Waals surface area contributed by atoms with Crippen LogP contribution in [0.25, 0.3) is 0 Å². The summed E-state index contributed by atoms with van der Waals surface area (Å²) in [4.78, 5) is 11.0. The van der Waals surface area contributed by atoms with Gasteiger partial charge in [0.1, 0.15) is 12.0 Å². The zero-order chi connectivity index (χ0) is 11.3. The second-order valence-corrected chi connectivity index (χ2v) is 3.44. The van der Waals surface area contributed by atoms with Gasteiger partial charge in [-0.1, -0.05) is 5.16 Å². The van der Waals surface area contributed by atoms with Crippen molar-refractivity contribution < 1.29 is 14.7 Å². The molecule has 0 aliphatic rings. The van der Waals surface area contributed by atoms with Crippen molar-refractivity contribution in [3.8, 4) is 5.75 Å². The summed E-state index contributed by atoms with van der Waals surface area (Å²) in [5.74, 6) is 0.165. The van der Waals surface area contributed by atoms with E-state index in [1.165, 1.54) is 0 Å². The second-order valence-electron chi connectivity index (χ2n) is 2.58. The van der Waals surface area contributed by atoms with E-state index in [1.54, 1.807) is 25.3 Å². The van der Waals surface area contributed by atoms with Crippen LogP contribution in [0.4, 0.5) is 5.69 Å². The van der Waals surface area contributed by atoms with Gasteiger partial charge in [-0.3, -0.25) is 4.79 Å². The van der Waals surface area contributed by atoms with E-state index >= 15 is 0 Å². The minimum Gasteiger partial charge on any atom is -0.496 e. The molecule has 0 saturated heterocycles. The molecule has 0 bridgehead atoms. The Hall–Kier alpha value is -1.56. The van der Waals surface area contributed by atoms with Crippen molar-refractivity contribution in [1.82, 2.24) is 0 Å². The van der Waals surface area contributed by atoms with Crippen LogP contribution in [0.15, 0.2) is 27.8 Å². The fourth-order valence-electron chi connectivity index (χ4n) is 0.971. The number of oxime groups is 1. The molecular formula is C9H9BrN2O3. The molecule has 2 N–H and O–H groups in total. The van der Waals surface area contributed by atoms with E-state index in [4.69, 9.17) is 9.94 Å². The highest BCUT2D eigenvalue weighted by molar-refractivity contribution is 9.10. The molecule has 1 aromatic rings. The number of methoxy groups -OCH3 is 1. The maximum absolute atomic E-state index is 11.0. The lowest BCUT2D eigenvalue weighted by molar-refractivity contribution is -0.110. The number of hydrogen-bond donors (Lipinski definition) is 2. The summed E-state index contributed by atoms with van der Waals surface area (Å²) in [5, 5.41) is 13.2. The molecule has 80 valence electrons. The van der Waals surface area contributed by atoms with Gasteiger partial charge in [0.2, 0.25) is 0 Å². The molecule has 15 heavy (non-hydrogen) atoms. The van der Waals surface area contributed by atoms with Gasteiger partial charge in [-0.2, -0.15) is 0 Å². The molecule has 0 atom stereocenters. The van der Waals surface area contributed by atoms with Gasteiger partial charge in [-0.25, -0.2) is 0 Å². The molecule has 0 aliphatic carbocycles. The quantitative estimate of drug-likeness (QED) is 0.501. The van der Waals surface area contributed by atoms with Crippen LogP contribution in [0.3, 0.4) is 0 Å². The number of nitrogens with one attached hydrogen (secondary N) is 1. The van der Waals surface area contributed by atoms with Gasteiger partial charge in [0, 0.05) is 5.69 Å². The number of hydrogen-bond acceptors (Lipinski definition) is 4. The predicted molar refractivity (Wildman–Crippen MR) is 59.6 cm³/mol. The summed E-state index contributed by atoms with van der Waals surface area (Å²) in [6.45, 7) is 0. The normalized spacial score (nSPS) is 10.3. The van der Waals surface area contributed by atoms with E-state index in [9.17, 15) is 4.79 Å². The van der Waals surface area contributed by atoms with Crippen LogP contribution in [0.2, 0.25) is 0 Å². The Morgan fingerprint density at radius 3 is 2.93 bits per heavy atom. The third-order valence-electron chi connectivity index (χ3n) is 1.59. The lowest BCUT2D eigenvalue weighted by Crippen LogP contribution is -2.12. The van der Waals surface area contributed by atoms with Crippen molar-refractivity contribution in [3.05, 3.63) is 22.7 Å². The van der Waals surface area contributed by atoms with Gasteiger partial charge in [-0.05, 0) is 34.1 Å². The number of halogens is 1. The number of ether oxygens (including phenoxy) is 1. The molecule has 0 fully saturated rings. The highest BCUT2D eigenvalue weighted by atomic mass is 79.9. The van der Waals surface area contributed by atoms with Crippen molar-refractivity contribution in [2.24, 2.45) is 5.16 Å². The van der Waals surface area contributed by atoms with Gasteiger partial charge in [0.15, 0.2) is 0 Å². The standard InChI is InChI=1S/C9H9BrN2O3/c1-15-8-3-2-6(4-7(8)10)12-9(13)5-11-14/h2-5,14H,1H3,(H,12,13)/b11-5-. The smallest absolute Gasteiger partial charge is 0.270 e. The molecular weight excluding hydrogens is 264 g/mol. The van der Waals surface area contributed by atoms with Crippen molar-refractivity contribution in [1.29, 1.82) is 0 Å². The van der Waals surface area contributed by atoms with Crippen LogP contribution >= 0.6 is 15.9 Å². The van der Waals surface area contributed by atoms with E-state index in [0.29, 0.717) is 11.4 Å². The molecule has 1 aromatic carbocycles. The number of nitrogens with zero attached hydrogens (tertiary/aromatic N) is 1. The molecule has 0 aliphatic heterocycles. The molecule has 0 saturated carbocycles. The molecule has 0 spiro atoms. The third kappa shape index (κ3) is 3.25. The highest BCUT2D eigenvalue weighted by Gasteiger charge is 2.03. The van der Waals surface area contributed by atoms with E-state index < -0.39 is 5.91 Å². The van der Waals surface area contributed by atoms with Crippen molar-refractivity contribution >= 4 is 33.7 Å². The Morgan fingerprint density at radius 2 is 2.40 bits per heavy atom. The second kappa shape index (κ2) is 5.35. The van der Waals surface area contributed by atoms with E-state index in [1.807, 2.05) is 0 Å². The van der Waals surface area contributed by atoms with Gasteiger partial charge in [0.25, 0.3) is 5.91 Å². The average molecular weight is 273 g/mol. The van der Waals surface area contributed by atoms with Gasteiger partial charge in [0.05, 0.1) is 11.6 Å². The van der Waals surface area contributed by atoms with Crippen molar-refractivity contribution in [3.63, 3.8) is 0 Å². The lowest BCUT2D eigenvalue weighted by atomic mass is 10.3. The van der Waals surface area contributed by atoms with E-state index in [-0.39, 0.29) is 0 Å². The summed E-state index contributed by atoms with van der Waals surface area (Å²) < 4.78 is 5.75. The van der Waals surface area contributed by atoms with Crippen LogP contribution in [0.1, 0.15) is 0 Å². The van der Waals surface area contributed by atoms with Crippen LogP contribution in [0.5, 0.6) is 5.75 Å². The molecule has 0 heterocycles. The maximum atomic E-state index is 11.0. The van der Waals surface area contributed by atoms with Crippen LogP contribution < -0.4 is 10.1 Å². The zero-order valence-electron chi connectivity index (χ0n) is 7.90. The molecule has 0 aromatic heterocycles. The van der Waals surface area contributed by atoms with Gasteiger partial charge >= 0.3 is 0 Å². The molecule has 5 nitrogen and oxygen atoms in total. The first-order valence-corrected chi connectivity index (χ1v) is 4.78. The number of amides is 1. The molecule has 1 amide bonds. The Labute approximate surface area is 94.9 Å². The first-order valence-electron chi connectivity index (χ1n) is 3.99. The van der Waals surface area contributed by atoms with Crippen LogP contribution in [-0.2, 0) is 4.79 Å². The Balaban J connectivity index is 2.79. The zero-order valence-corrected chi connectivity index (χ0v) is 9.48. The number of anilines is 1. The number of carbonyl (C=O) groups excluding carboxylic acids is 1. The van der Waals surface area contributed by atoms with Crippen molar-refractivity contribution in [2.45, 2.75) is 0 Å².